The summed E-state index contributed by atoms with van der Waals surface area (Å²) in [7, 11) is 0. The van der Waals surface area contributed by atoms with E-state index in [4.69, 9.17) is 4.99 Å². The van der Waals surface area contributed by atoms with E-state index >= 15 is 0 Å². The van der Waals surface area contributed by atoms with Crippen LogP contribution in [0, 0.1) is 13.8 Å². The molecule has 4 aromatic rings. The Morgan fingerprint density at radius 3 is 2.04 bits per heavy atom. The van der Waals surface area contributed by atoms with Crippen LogP contribution in [0.25, 0.3) is 5.65 Å². The molecule has 2 aromatic carbocycles. The van der Waals surface area contributed by atoms with E-state index < -0.39 is 0 Å². The van der Waals surface area contributed by atoms with E-state index in [9.17, 15) is 0 Å². The summed E-state index contributed by atoms with van der Waals surface area (Å²) in [5.74, 6) is 1.33. The van der Waals surface area contributed by atoms with Crippen LogP contribution in [-0.2, 0) is 0 Å². The van der Waals surface area contributed by atoms with Crippen molar-refractivity contribution in [3.05, 3.63) is 89.5 Å². The molecule has 0 saturated heterocycles. The van der Waals surface area contributed by atoms with Crippen LogP contribution in [0.4, 0.5) is 5.82 Å². The van der Waals surface area contributed by atoms with Gasteiger partial charge in [0.15, 0.2) is 11.5 Å². The van der Waals surface area contributed by atoms with Crippen LogP contribution in [0.15, 0.2) is 71.9 Å². The predicted octanol–water partition coefficient (Wildman–Crippen LogP) is 3.91. The second-order valence-electron chi connectivity index (χ2n) is 5.80. The van der Waals surface area contributed by atoms with Gasteiger partial charge in [0.1, 0.15) is 5.82 Å². The number of rotatable bonds is 3. The average molecular weight is 327 g/mol. The number of aliphatic imine (C=N–C) groups is 1. The van der Waals surface area contributed by atoms with E-state index in [0.717, 1.165) is 34.0 Å². The molecule has 0 unspecified atom stereocenters. The third-order valence-electron chi connectivity index (χ3n) is 3.90. The molecule has 2 heterocycles. The molecule has 0 aliphatic carbocycles. The molecule has 122 valence electrons. The molecule has 5 heteroatoms. The van der Waals surface area contributed by atoms with Gasteiger partial charge < -0.3 is 0 Å². The first-order valence-corrected chi connectivity index (χ1v) is 8.11. The lowest BCUT2D eigenvalue weighted by Gasteiger charge is -2.08. The highest BCUT2D eigenvalue weighted by molar-refractivity contribution is 6.13. The normalized spacial score (nSPS) is 10.8. The van der Waals surface area contributed by atoms with Crippen molar-refractivity contribution in [3.8, 4) is 0 Å². The molecule has 0 amide bonds. The van der Waals surface area contributed by atoms with Crippen molar-refractivity contribution in [3.63, 3.8) is 0 Å². The summed E-state index contributed by atoms with van der Waals surface area (Å²) >= 11 is 0. The first kappa shape index (κ1) is 15.2. The fourth-order valence-corrected chi connectivity index (χ4v) is 2.78. The van der Waals surface area contributed by atoms with Gasteiger partial charge in [-0.3, -0.25) is 0 Å². The van der Waals surface area contributed by atoms with Crippen molar-refractivity contribution in [1.29, 1.82) is 0 Å². The van der Waals surface area contributed by atoms with Crippen LogP contribution in [-0.4, -0.2) is 25.3 Å². The molecule has 0 atom stereocenters. The molecule has 0 aliphatic rings. The number of aryl methyl sites for hydroxylation is 2. The van der Waals surface area contributed by atoms with Gasteiger partial charge in [0, 0.05) is 11.1 Å². The second-order valence-corrected chi connectivity index (χ2v) is 5.80. The van der Waals surface area contributed by atoms with Crippen molar-refractivity contribution in [2.45, 2.75) is 13.8 Å². The lowest BCUT2D eigenvalue weighted by molar-refractivity contribution is 0.912. The highest BCUT2D eigenvalue weighted by atomic mass is 15.3. The molecule has 2 aromatic heterocycles. The number of fused-ring (bicyclic) bond motifs is 1. The van der Waals surface area contributed by atoms with Crippen LogP contribution in [0.5, 0.6) is 0 Å². The Labute approximate surface area is 145 Å². The van der Waals surface area contributed by atoms with Gasteiger partial charge in [0.25, 0.3) is 0 Å². The highest BCUT2D eigenvalue weighted by Gasteiger charge is 2.10. The van der Waals surface area contributed by atoms with Crippen LogP contribution in [0.2, 0.25) is 0 Å². The molecule has 0 saturated carbocycles. The minimum absolute atomic E-state index is 0.609. The second kappa shape index (κ2) is 6.28. The minimum atomic E-state index is 0.609. The van der Waals surface area contributed by atoms with E-state index in [-0.39, 0.29) is 0 Å². The summed E-state index contributed by atoms with van der Waals surface area (Å²) in [5.41, 5.74) is 4.54. The maximum absolute atomic E-state index is 4.84. The largest absolute Gasteiger partial charge is 0.229 e. The van der Waals surface area contributed by atoms with E-state index in [2.05, 4.69) is 39.3 Å². The summed E-state index contributed by atoms with van der Waals surface area (Å²) in [5, 5.41) is 4.38. The van der Waals surface area contributed by atoms with Gasteiger partial charge in [-0.25, -0.2) is 19.5 Å². The van der Waals surface area contributed by atoms with Crippen molar-refractivity contribution in [2.75, 3.05) is 0 Å². The van der Waals surface area contributed by atoms with E-state index in [0.29, 0.717) is 5.82 Å². The smallest absolute Gasteiger partial charge is 0.176 e. The Morgan fingerprint density at radius 2 is 1.44 bits per heavy atom. The molecule has 0 spiro atoms. The summed E-state index contributed by atoms with van der Waals surface area (Å²) in [6.07, 6.45) is 1.81. The van der Waals surface area contributed by atoms with Crippen molar-refractivity contribution < 1.29 is 0 Å². The Kier molecular flexibility index (Phi) is 3.82. The number of hydrogen-bond donors (Lipinski definition) is 0. The maximum Gasteiger partial charge on any atom is 0.176 e. The molecular weight excluding hydrogens is 310 g/mol. The minimum Gasteiger partial charge on any atom is -0.229 e. The zero-order valence-corrected chi connectivity index (χ0v) is 14.1. The molecule has 0 fully saturated rings. The molecule has 4 rings (SSSR count). The first-order valence-electron chi connectivity index (χ1n) is 8.11. The number of hydrogen-bond acceptors (Lipinski definition) is 4. The molecule has 25 heavy (non-hydrogen) atoms. The van der Waals surface area contributed by atoms with Gasteiger partial charge in [-0.1, -0.05) is 60.7 Å². The average Bonchev–Trinajstić information content (AvgIpc) is 3.02. The molecule has 5 nitrogen and oxygen atoms in total. The van der Waals surface area contributed by atoms with Crippen molar-refractivity contribution >= 4 is 17.2 Å². The third kappa shape index (κ3) is 3.04. The predicted molar refractivity (Wildman–Crippen MR) is 98.4 cm³/mol. The summed E-state index contributed by atoms with van der Waals surface area (Å²) in [6.45, 7) is 3.79. The third-order valence-corrected chi connectivity index (χ3v) is 3.90. The molecule has 0 radical (unpaired) electrons. The maximum atomic E-state index is 4.84. The zero-order valence-electron chi connectivity index (χ0n) is 14.1. The summed E-state index contributed by atoms with van der Waals surface area (Å²) in [4.78, 5) is 13.8. The molecule has 0 N–H and O–H groups in total. The van der Waals surface area contributed by atoms with E-state index in [1.54, 1.807) is 4.52 Å². The standard InChI is InChI=1S/C20H17N5/c1-14-20-22-15(2)24-25(20)13-18(21-14)23-19(16-9-5-3-6-10-16)17-11-7-4-8-12-17/h3-13H,1-2H3. The van der Waals surface area contributed by atoms with Gasteiger partial charge >= 0.3 is 0 Å². The highest BCUT2D eigenvalue weighted by Crippen LogP contribution is 2.18. The molecular formula is C20H17N5. The monoisotopic (exact) mass is 327 g/mol. The Balaban J connectivity index is 1.90. The number of benzene rings is 2. The lowest BCUT2D eigenvalue weighted by Crippen LogP contribution is -2.03. The Hall–Kier alpha value is -3.34. The first-order chi connectivity index (χ1) is 12.2. The SMILES string of the molecule is Cc1nc2c(C)nc(N=C(c3ccccc3)c3ccccc3)cn2n1. The molecule has 0 aliphatic heterocycles. The van der Waals surface area contributed by atoms with Crippen molar-refractivity contribution in [1.82, 2.24) is 19.6 Å². The Bertz CT molecular complexity index is 1010. The Morgan fingerprint density at radius 1 is 0.840 bits per heavy atom. The van der Waals surface area contributed by atoms with Crippen LogP contribution >= 0.6 is 0 Å². The van der Waals surface area contributed by atoms with Gasteiger partial charge in [-0.2, -0.15) is 5.10 Å². The molecule has 0 bridgehead atoms. The van der Waals surface area contributed by atoms with E-state index in [1.807, 2.05) is 56.4 Å². The summed E-state index contributed by atoms with van der Waals surface area (Å²) < 4.78 is 1.74. The van der Waals surface area contributed by atoms with Crippen LogP contribution in [0.1, 0.15) is 22.6 Å². The van der Waals surface area contributed by atoms with Crippen LogP contribution in [0.3, 0.4) is 0 Å². The summed E-state index contributed by atoms with van der Waals surface area (Å²) in [6, 6.07) is 20.2. The van der Waals surface area contributed by atoms with Gasteiger partial charge in [-0.05, 0) is 13.8 Å². The van der Waals surface area contributed by atoms with Crippen LogP contribution < -0.4 is 0 Å². The quantitative estimate of drug-likeness (QED) is 0.536. The van der Waals surface area contributed by atoms with E-state index in [1.165, 1.54) is 0 Å². The number of aromatic nitrogens is 4. The fraction of sp³-hybridized carbons (Fsp3) is 0.100. The zero-order chi connectivity index (χ0) is 17.2. The lowest BCUT2D eigenvalue weighted by atomic mass is 10.0. The van der Waals surface area contributed by atoms with Crippen molar-refractivity contribution in [2.24, 2.45) is 4.99 Å². The van der Waals surface area contributed by atoms with Gasteiger partial charge in [-0.15, -0.1) is 0 Å². The fourth-order valence-electron chi connectivity index (χ4n) is 2.78. The van der Waals surface area contributed by atoms with Gasteiger partial charge in [0.05, 0.1) is 17.6 Å². The van der Waals surface area contributed by atoms with Gasteiger partial charge in [0.2, 0.25) is 0 Å². The topological polar surface area (TPSA) is 55.4 Å². The number of nitrogens with zero attached hydrogens (tertiary/aromatic N) is 5.